The lowest BCUT2D eigenvalue weighted by Gasteiger charge is -2.33. The number of carbonyl (C=O) groups excluding carboxylic acids is 1. The second kappa shape index (κ2) is 10.5. The maximum atomic E-state index is 12.8. The van der Waals surface area contributed by atoms with E-state index in [-0.39, 0.29) is 5.91 Å². The van der Waals surface area contributed by atoms with Gasteiger partial charge in [-0.15, -0.1) is 22.7 Å². The number of anilines is 3. The molecule has 10 heteroatoms. The number of piperidine rings is 1. The van der Waals surface area contributed by atoms with E-state index in [4.69, 9.17) is 12.2 Å². The molecule has 1 aliphatic rings. The number of fused-ring (bicyclic) bond motifs is 1. The standard InChI is InChI=1S/C26H28N6OS3/c1-16-27-21-14-19(6-9-23(21)36-16)28-24(33)22-15-35-25(30-22)17-10-12-32(13-11-17)26(34)29-18-4-7-20(8-5-18)31(2)3/h4-9,14-15,17H,10-13H2,1-3H3,(H,28,33)(H,29,34). The lowest BCUT2D eigenvalue weighted by molar-refractivity contribution is 0.102. The van der Waals surface area contributed by atoms with Crippen LogP contribution < -0.4 is 15.5 Å². The third-order valence-electron chi connectivity index (χ3n) is 6.27. The van der Waals surface area contributed by atoms with Gasteiger partial charge in [0.2, 0.25) is 0 Å². The van der Waals surface area contributed by atoms with Crippen molar-refractivity contribution in [3.8, 4) is 0 Å². The van der Waals surface area contributed by atoms with E-state index in [1.165, 1.54) is 0 Å². The maximum absolute atomic E-state index is 12.8. The van der Waals surface area contributed by atoms with Gasteiger partial charge in [-0.2, -0.15) is 0 Å². The monoisotopic (exact) mass is 536 g/mol. The van der Waals surface area contributed by atoms with Crippen LogP contribution in [0.25, 0.3) is 10.2 Å². The molecule has 2 aromatic heterocycles. The summed E-state index contributed by atoms with van der Waals surface area (Å²) in [6.07, 6.45) is 1.91. The van der Waals surface area contributed by atoms with Gasteiger partial charge in [-0.3, -0.25) is 4.79 Å². The Morgan fingerprint density at radius 3 is 2.50 bits per heavy atom. The first kappa shape index (κ1) is 24.6. The van der Waals surface area contributed by atoms with Crippen molar-refractivity contribution in [1.82, 2.24) is 14.9 Å². The van der Waals surface area contributed by atoms with Gasteiger partial charge in [-0.05, 0) is 74.4 Å². The third kappa shape index (κ3) is 5.50. The second-order valence-electron chi connectivity index (χ2n) is 9.07. The van der Waals surface area contributed by atoms with Crippen molar-refractivity contribution in [2.75, 3.05) is 42.7 Å². The number of thiazole rings is 2. The molecule has 0 radical (unpaired) electrons. The van der Waals surface area contributed by atoms with Gasteiger partial charge in [0.1, 0.15) is 5.69 Å². The van der Waals surface area contributed by atoms with E-state index >= 15 is 0 Å². The van der Waals surface area contributed by atoms with Crippen molar-refractivity contribution in [2.45, 2.75) is 25.7 Å². The number of amides is 1. The molecule has 1 aliphatic heterocycles. The molecular formula is C26H28N6OS3. The summed E-state index contributed by atoms with van der Waals surface area (Å²) in [5.41, 5.74) is 4.24. The van der Waals surface area contributed by atoms with Crippen LogP contribution in [0, 0.1) is 6.92 Å². The lowest BCUT2D eigenvalue weighted by atomic mass is 9.98. The molecule has 0 bridgehead atoms. The summed E-state index contributed by atoms with van der Waals surface area (Å²) in [7, 11) is 4.05. The number of rotatable bonds is 5. The Kier molecular flexibility index (Phi) is 7.17. The molecular weight excluding hydrogens is 509 g/mol. The van der Waals surface area contributed by atoms with Crippen molar-refractivity contribution in [2.24, 2.45) is 0 Å². The third-order valence-corrected chi connectivity index (χ3v) is 8.59. The van der Waals surface area contributed by atoms with Crippen LogP contribution in [0.1, 0.15) is 39.3 Å². The number of carbonyl (C=O) groups is 1. The molecule has 2 aromatic carbocycles. The molecule has 0 saturated carbocycles. The minimum Gasteiger partial charge on any atom is -0.378 e. The first-order chi connectivity index (χ1) is 17.4. The largest absolute Gasteiger partial charge is 0.378 e. The average molecular weight is 537 g/mol. The maximum Gasteiger partial charge on any atom is 0.275 e. The van der Waals surface area contributed by atoms with Crippen LogP contribution in [0.2, 0.25) is 0 Å². The van der Waals surface area contributed by atoms with E-state index in [1.54, 1.807) is 22.7 Å². The van der Waals surface area contributed by atoms with E-state index in [9.17, 15) is 4.79 Å². The minimum absolute atomic E-state index is 0.188. The molecule has 36 heavy (non-hydrogen) atoms. The Bertz CT molecular complexity index is 1390. The molecule has 5 rings (SSSR count). The van der Waals surface area contributed by atoms with E-state index in [0.717, 1.165) is 68.3 Å². The van der Waals surface area contributed by atoms with Crippen LogP contribution in [-0.4, -0.2) is 53.1 Å². The molecule has 186 valence electrons. The number of nitrogens with zero attached hydrogens (tertiary/aromatic N) is 4. The molecule has 0 unspecified atom stereocenters. The van der Waals surface area contributed by atoms with Crippen molar-refractivity contribution >= 4 is 73.2 Å². The van der Waals surface area contributed by atoms with Gasteiger partial charge < -0.3 is 20.4 Å². The number of aromatic nitrogens is 2. The average Bonchev–Trinajstić information content (AvgIpc) is 3.50. The Morgan fingerprint density at radius 2 is 1.78 bits per heavy atom. The van der Waals surface area contributed by atoms with Crippen LogP contribution in [-0.2, 0) is 0 Å². The first-order valence-electron chi connectivity index (χ1n) is 11.8. The summed E-state index contributed by atoms with van der Waals surface area (Å²) < 4.78 is 1.12. The highest BCUT2D eigenvalue weighted by atomic mass is 32.1. The number of hydrogen-bond acceptors (Lipinski definition) is 7. The summed E-state index contributed by atoms with van der Waals surface area (Å²) in [5.74, 6) is 0.149. The summed E-state index contributed by atoms with van der Waals surface area (Å²) in [4.78, 5) is 26.3. The Labute approximate surface area is 224 Å². The Morgan fingerprint density at radius 1 is 1.06 bits per heavy atom. The molecule has 4 aromatic rings. The quantitative estimate of drug-likeness (QED) is 0.305. The molecule has 0 atom stereocenters. The molecule has 1 saturated heterocycles. The molecule has 0 spiro atoms. The lowest BCUT2D eigenvalue weighted by Crippen LogP contribution is -2.40. The number of benzene rings is 2. The number of aryl methyl sites for hydroxylation is 1. The van der Waals surface area contributed by atoms with Crippen molar-refractivity contribution in [1.29, 1.82) is 0 Å². The molecule has 1 amide bonds. The number of likely N-dealkylation sites (tertiary alicyclic amines) is 1. The van der Waals surface area contributed by atoms with Crippen LogP contribution in [0.5, 0.6) is 0 Å². The molecule has 0 aliphatic carbocycles. The fourth-order valence-electron chi connectivity index (χ4n) is 4.27. The first-order valence-corrected chi connectivity index (χ1v) is 13.9. The molecule has 7 nitrogen and oxygen atoms in total. The van der Waals surface area contributed by atoms with Gasteiger partial charge in [0.25, 0.3) is 5.91 Å². The van der Waals surface area contributed by atoms with Gasteiger partial charge in [0.15, 0.2) is 5.11 Å². The van der Waals surface area contributed by atoms with E-state index in [2.05, 4.69) is 42.5 Å². The van der Waals surface area contributed by atoms with Crippen molar-refractivity contribution in [3.05, 3.63) is 63.6 Å². The normalized spacial score (nSPS) is 14.1. The van der Waals surface area contributed by atoms with Gasteiger partial charge >= 0.3 is 0 Å². The van der Waals surface area contributed by atoms with E-state index < -0.39 is 0 Å². The Balaban J connectivity index is 1.14. The van der Waals surface area contributed by atoms with Crippen LogP contribution in [0.3, 0.4) is 0 Å². The number of thiocarbonyl (C=S) groups is 1. The Hall–Kier alpha value is -3.08. The van der Waals surface area contributed by atoms with Gasteiger partial charge in [-0.1, -0.05) is 0 Å². The van der Waals surface area contributed by atoms with Crippen LogP contribution in [0.4, 0.5) is 17.1 Å². The molecule has 3 heterocycles. The topological polar surface area (TPSA) is 73.4 Å². The predicted molar refractivity (Wildman–Crippen MR) is 155 cm³/mol. The van der Waals surface area contributed by atoms with Crippen molar-refractivity contribution in [3.63, 3.8) is 0 Å². The van der Waals surface area contributed by atoms with Crippen molar-refractivity contribution < 1.29 is 4.79 Å². The highest BCUT2D eigenvalue weighted by Gasteiger charge is 2.25. The summed E-state index contributed by atoms with van der Waals surface area (Å²) in [5, 5.41) is 11.0. The van der Waals surface area contributed by atoms with Crippen LogP contribution >= 0.6 is 34.9 Å². The smallest absolute Gasteiger partial charge is 0.275 e. The number of nitrogens with one attached hydrogen (secondary N) is 2. The van der Waals surface area contributed by atoms with Gasteiger partial charge in [-0.25, -0.2) is 9.97 Å². The highest BCUT2D eigenvalue weighted by Crippen LogP contribution is 2.31. The minimum atomic E-state index is -0.188. The molecule has 2 N–H and O–H groups in total. The molecule has 1 fully saturated rings. The summed E-state index contributed by atoms with van der Waals surface area (Å²) >= 11 is 8.87. The second-order valence-corrected chi connectivity index (χ2v) is 11.6. The van der Waals surface area contributed by atoms with E-state index in [0.29, 0.717) is 11.6 Å². The summed E-state index contributed by atoms with van der Waals surface area (Å²) in [6.45, 7) is 3.71. The zero-order chi connectivity index (χ0) is 25.2. The zero-order valence-corrected chi connectivity index (χ0v) is 22.9. The number of hydrogen-bond donors (Lipinski definition) is 2. The van der Waals surface area contributed by atoms with E-state index in [1.807, 2.05) is 56.7 Å². The highest BCUT2D eigenvalue weighted by molar-refractivity contribution is 7.80. The van der Waals surface area contributed by atoms with Gasteiger partial charge in [0, 0.05) is 55.5 Å². The summed E-state index contributed by atoms with van der Waals surface area (Å²) in [6, 6.07) is 14.1. The predicted octanol–water partition coefficient (Wildman–Crippen LogP) is 5.96. The SMILES string of the molecule is Cc1nc2cc(NC(=O)c3csc(C4CCN(C(=S)Nc5ccc(N(C)C)cc5)CC4)n3)ccc2s1. The van der Waals surface area contributed by atoms with Crippen LogP contribution in [0.15, 0.2) is 47.8 Å². The zero-order valence-electron chi connectivity index (χ0n) is 20.4. The fourth-order valence-corrected chi connectivity index (χ4v) is 6.35. The fraction of sp³-hybridized carbons (Fsp3) is 0.308. The van der Waals surface area contributed by atoms with Gasteiger partial charge in [0.05, 0.1) is 20.2 Å².